The number of hydrogen-bond donors (Lipinski definition) is 1. The average Bonchev–Trinajstić information content (AvgIpc) is 2.35. The van der Waals surface area contributed by atoms with E-state index in [9.17, 15) is 9.90 Å². The lowest BCUT2D eigenvalue weighted by molar-refractivity contribution is -0.114. The maximum atomic E-state index is 10.9. The predicted molar refractivity (Wildman–Crippen MR) is 64.0 cm³/mol. The topological polar surface area (TPSA) is 59.0 Å². The van der Waals surface area contributed by atoms with Crippen LogP contribution in [0.5, 0.6) is 0 Å². The summed E-state index contributed by atoms with van der Waals surface area (Å²) in [5.41, 5.74) is 0. The molecule has 5 heteroatoms. The molecule has 1 saturated heterocycles. The van der Waals surface area contributed by atoms with E-state index >= 15 is 0 Å². The van der Waals surface area contributed by atoms with Gasteiger partial charge in [-0.2, -0.15) is 0 Å². The number of hydrogen-bond acceptors (Lipinski definition) is 5. The Morgan fingerprint density at radius 3 is 3.00 bits per heavy atom. The average molecular weight is 245 g/mol. The zero-order valence-corrected chi connectivity index (χ0v) is 10.5. The monoisotopic (exact) mass is 245 g/mol. The molecule has 0 aromatic heterocycles. The maximum Gasteiger partial charge on any atom is 0.137 e. The Hall–Kier alpha value is -0.490. The molecule has 0 amide bonds. The number of ether oxygens (including phenoxy) is 2. The second-order valence-electron chi connectivity index (χ2n) is 4.42. The molecule has 0 aromatic rings. The quantitative estimate of drug-likeness (QED) is 0.484. The van der Waals surface area contributed by atoms with E-state index in [4.69, 9.17) is 9.47 Å². The summed E-state index contributed by atoms with van der Waals surface area (Å²) in [6.45, 7) is 2.72. The van der Waals surface area contributed by atoms with Crippen LogP contribution >= 0.6 is 0 Å². The molecule has 1 fully saturated rings. The van der Waals surface area contributed by atoms with E-state index in [1.807, 2.05) is 4.90 Å². The predicted octanol–water partition coefficient (Wildman–Crippen LogP) is 0.0637. The van der Waals surface area contributed by atoms with Crippen LogP contribution in [-0.4, -0.2) is 68.5 Å². The minimum absolute atomic E-state index is 0.0302. The molecule has 2 atom stereocenters. The first kappa shape index (κ1) is 14.6. The Bertz CT molecular complexity index is 213. The third kappa shape index (κ3) is 5.59. The number of likely N-dealkylation sites (tertiary alicyclic amines) is 1. The number of methoxy groups -OCH3 is 1. The molecular weight excluding hydrogens is 222 g/mol. The SMILES string of the molecule is COCCOCC(O)CN1CCCCC1C=O. The molecule has 0 bridgehead atoms. The normalized spacial score (nSPS) is 23.5. The molecule has 2 unspecified atom stereocenters. The fourth-order valence-electron chi connectivity index (χ4n) is 2.08. The minimum Gasteiger partial charge on any atom is -0.389 e. The van der Waals surface area contributed by atoms with E-state index in [-0.39, 0.29) is 6.04 Å². The Balaban J connectivity index is 2.19. The van der Waals surface area contributed by atoms with E-state index in [0.29, 0.717) is 26.4 Å². The molecule has 0 radical (unpaired) electrons. The summed E-state index contributed by atoms with van der Waals surface area (Å²) < 4.78 is 10.1. The van der Waals surface area contributed by atoms with Crippen molar-refractivity contribution in [1.29, 1.82) is 0 Å². The van der Waals surface area contributed by atoms with Gasteiger partial charge in [0.15, 0.2) is 0 Å². The Morgan fingerprint density at radius 2 is 2.29 bits per heavy atom. The third-order valence-corrected chi connectivity index (χ3v) is 3.01. The number of aliphatic hydroxyl groups excluding tert-OH is 1. The fraction of sp³-hybridized carbons (Fsp3) is 0.917. The molecule has 1 aliphatic rings. The van der Waals surface area contributed by atoms with Crippen LogP contribution in [0.3, 0.4) is 0 Å². The van der Waals surface area contributed by atoms with Crippen molar-refractivity contribution < 1.29 is 19.4 Å². The number of rotatable bonds is 8. The van der Waals surface area contributed by atoms with E-state index in [0.717, 1.165) is 32.1 Å². The standard InChI is InChI=1S/C12H23NO4/c1-16-6-7-17-10-12(15)8-13-5-3-2-4-11(13)9-14/h9,11-12,15H,2-8,10H2,1H3. The number of nitrogens with zero attached hydrogens (tertiary/aromatic N) is 1. The van der Waals surface area contributed by atoms with Gasteiger partial charge in [-0.3, -0.25) is 4.90 Å². The lowest BCUT2D eigenvalue weighted by Gasteiger charge is -2.33. The highest BCUT2D eigenvalue weighted by atomic mass is 16.5. The molecule has 1 rings (SSSR count). The Morgan fingerprint density at radius 1 is 1.47 bits per heavy atom. The lowest BCUT2D eigenvalue weighted by Crippen LogP contribution is -2.45. The highest BCUT2D eigenvalue weighted by Gasteiger charge is 2.23. The Labute approximate surface area is 103 Å². The van der Waals surface area contributed by atoms with E-state index in [2.05, 4.69) is 0 Å². The first-order chi connectivity index (χ1) is 8.27. The highest BCUT2D eigenvalue weighted by Crippen LogP contribution is 2.15. The molecule has 0 aliphatic carbocycles. The number of carbonyl (C=O) groups is 1. The lowest BCUT2D eigenvalue weighted by atomic mass is 10.0. The fourth-order valence-corrected chi connectivity index (χ4v) is 2.08. The van der Waals surface area contributed by atoms with Gasteiger partial charge in [0, 0.05) is 13.7 Å². The van der Waals surface area contributed by atoms with Gasteiger partial charge in [-0.15, -0.1) is 0 Å². The molecule has 1 heterocycles. The van der Waals surface area contributed by atoms with Crippen LogP contribution in [-0.2, 0) is 14.3 Å². The van der Waals surface area contributed by atoms with Gasteiger partial charge in [0.25, 0.3) is 0 Å². The summed E-state index contributed by atoms with van der Waals surface area (Å²) in [6, 6.07) is -0.0302. The highest BCUT2D eigenvalue weighted by molar-refractivity contribution is 5.57. The smallest absolute Gasteiger partial charge is 0.137 e. The molecule has 0 saturated carbocycles. The molecule has 1 aliphatic heterocycles. The van der Waals surface area contributed by atoms with Gasteiger partial charge >= 0.3 is 0 Å². The van der Waals surface area contributed by atoms with E-state index < -0.39 is 6.10 Å². The molecule has 100 valence electrons. The summed E-state index contributed by atoms with van der Waals surface area (Å²) in [7, 11) is 1.61. The van der Waals surface area contributed by atoms with Crippen LogP contribution < -0.4 is 0 Å². The number of carbonyl (C=O) groups excluding carboxylic acids is 1. The summed E-state index contributed by atoms with van der Waals surface area (Å²) in [6.07, 6.45) is 3.55. The summed E-state index contributed by atoms with van der Waals surface area (Å²) in [5.74, 6) is 0. The number of aliphatic hydroxyl groups is 1. The van der Waals surface area contributed by atoms with Crippen molar-refractivity contribution >= 4 is 6.29 Å². The van der Waals surface area contributed by atoms with Gasteiger partial charge in [-0.1, -0.05) is 6.42 Å². The molecule has 0 aromatic carbocycles. The number of β-amino-alcohol motifs (C(OH)–C–C–N with tert-alkyl or cyclic N) is 1. The Kier molecular flexibility index (Phi) is 7.35. The first-order valence-electron chi connectivity index (χ1n) is 6.22. The van der Waals surface area contributed by atoms with Gasteiger partial charge < -0.3 is 19.4 Å². The number of piperidine rings is 1. The van der Waals surface area contributed by atoms with Crippen LogP contribution in [0, 0.1) is 0 Å². The van der Waals surface area contributed by atoms with E-state index in [1.54, 1.807) is 7.11 Å². The van der Waals surface area contributed by atoms with Crippen LogP contribution in [0.15, 0.2) is 0 Å². The second-order valence-corrected chi connectivity index (χ2v) is 4.42. The van der Waals surface area contributed by atoms with Crippen LogP contribution in [0.25, 0.3) is 0 Å². The molecule has 1 N–H and O–H groups in total. The van der Waals surface area contributed by atoms with E-state index in [1.165, 1.54) is 0 Å². The van der Waals surface area contributed by atoms with Gasteiger partial charge in [0.2, 0.25) is 0 Å². The van der Waals surface area contributed by atoms with Gasteiger partial charge in [-0.05, 0) is 19.4 Å². The zero-order chi connectivity index (χ0) is 12.5. The van der Waals surface area contributed by atoms with Crippen LogP contribution in [0.2, 0.25) is 0 Å². The van der Waals surface area contributed by atoms with Crippen LogP contribution in [0.1, 0.15) is 19.3 Å². The van der Waals surface area contributed by atoms with Crippen molar-refractivity contribution in [2.45, 2.75) is 31.4 Å². The van der Waals surface area contributed by atoms with Gasteiger partial charge in [-0.25, -0.2) is 0 Å². The van der Waals surface area contributed by atoms with Crippen molar-refractivity contribution in [1.82, 2.24) is 4.90 Å². The zero-order valence-electron chi connectivity index (χ0n) is 10.5. The van der Waals surface area contributed by atoms with Gasteiger partial charge in [0.05, 0.1) is 32.0 Å². The summed E-state index contributed by atoms with van der Waals surface area (Å²) >= 11 is 0. The second kappa shape index (κ2) is 8.58. The third-order valence-electron chi connectivity index (χ3n) is 3.01. The minimum atomic E-state index is -0.535. The van der Waals surface area contributed by atoms with Crippen molar-refractivity contribution in [2.75, 3.05) is 40.0 Å². The summed E-state index contributed by atoms with van der Waals surface area (Å²) in [4.78, 5) is 12.9. The first-order valence-corrected chi connectivity index (χ1v) is 6.22. The summed E-state index contributed by atoms with van der Waals surface area (Å²) in [5, 5.41) is 9.79. The van der Waals surface area contributed by atoms with Crippen molar-refractivity contribution in [3.63, 3.8) is 0 Å². The largest absolute Gasteiger partial charge is 0.389 e. The van der Waals surface area contributed by atoms with Crippen molar-refractivity contribution in [3.05, 3.63) is 0 Å². The number of aldehydes is 1. The maximum absolute atomic E-state index is 10.9. The van der Waals surface area contributed by atoms with Crippen molar-refractivity contribution in [2.24, 2.45) is 0 Å². The molecule has 0 spiro atoms. The molecular formula is C12H23NO4. The molecule has 17 heavy (non-hydrogen) atoms. The molecule has 5 nitrogen and oxygen atoms in total. The van der Waals surface area contributed by atoms with Crippen LogP contribution in [0.4, 0.5) is 0 Å². The van der Waals surface area contributed by atoms with Gasteiger partial charge in [0.1, 0.15) is 6.29 Å². The van der Waals surface area contributed by atoms with Crippen molar-refractivity contribution in [3.8, 4) is 0 Å².